The van der Waals surface area contributed by atoms with Gasteiger partial charge >= 0.3 is 0 Å². The molecule has 1 aliphatic rings. The molecule has 1 atom stereocenters. The molecule has 2 aromatic rings. The SMILES string of the molecule is Cc1ccc(C(=O)Nc2ccnc(S(N)(=O)=O)c2)c(N2CCCC(F)(F)C(F)C2)n1. The van der Waals surface area contributed by atoms with Crippen LogP contribution in [0.4, 0.5) is 24.7 Å². The van der Waals surface area contributed by atoms with E-state index in [0.717, 1.165) is 12.3 Å². The van der Waals surface area contributed by atoms with E-state index >= 15 is 0 Å². The molecule has 3 N–H and O–H groups in total. The number of hydrogen-bond donors (Lipinski definition) is 2. The van der Waals surface area contributed by atoms with Gasteiger partial charge in [0.25, 0.3) is 21.9 Å². The Balaban J connectivity index is 1.91. The number of primary sulfonamides is 1. The molecule has 8 nitrogen and oxygen atoms in total. The zero-order valence-corrected chi connectivity index (χ0v) is 16.8. The maximum atomic E-state index is 14.1. The predicted octanol–water partition coefficient (Wildman–Crippen LogP) is 2.26. The first kappa shape index (κ1) is 22.0. The van der Waals surface area contributed by atoms with E-state index < -0.39 is 46.0 Å². The predicted molar refractivity (Wildman–Crippen MR) is 104 cm³/mol. The second-order valence-electron chi connectivity index (χ2n) is 6.98. The van der Waals surface area contributed by atoms with Crippen molar-refractivity contribution >= 4 is 27.4 Å². The molecule has 1 unspecified atom stereocenters. The van der Waals surface area contributed by atoms with Crippen LogP contribution in [-0.2, 0) is 10.0 Å². The average Bonchev–Trinajstić information content (AvgIpc) is 2.79. The van der Waals surface area contributed by atoms with Gasteiger partial charge in [-0.1, -0.05) is 0 Å². The lowest BCUT2D eigenvalue weighted by atomic mass is 10.1. The number of pyridine rings is 2. The van der Waals surface area contributed by atoms with Crippen LogP contribution >= 0.6 is 0 Å². The molecule has 0 saturated carbocycles. The minimum absolute atomic E-state index is 0.0339. The van der Waals surface area contributed by atoms with Crippen LogP contribution in [0.25, 0.3) is 0 Å². The van der Waals surface area contributed by atoms with Crippen molar-refractivity contribution in [1.29, 1.82) is 0 Å². The molecule has 0 spiro atoms. The van der Waals surface area contributed by atoms with Crippen LogP contribution in [-0.4, -0.2) is 49.5 Å². The van der Waals surface area contributed by atoms with E-state index in [9.17, 15) is 26.4 Å². The Bertz CT molecular complexity index is 1060. The van der Waals surface area contributed by atoms with Gasteiger partial charge in [-0.05, 0) is 31.5 Å². The third kappa shape index (κ3) is 4.87. The first-order valence-electron chi connectivity index (χ1n) is 9.02. The van der Waals surface area contributed by atoms with Gasteiger partial charge in [0.15, 0.2) is 11.2 Å². The number of hydrogen-bond acceptors (Lipinski definition) is 6. The van der Waals surface area contributed by atoms with Gasteiger partial charge in [-0.2, -0.15) is 0 Å². The number of nitrogens with one attached hydrogen (secondary N) is 1. The van der Waals surface area contributed by atoms with Gasteiger partial charge in [0, 0.05) is 36.6 Å². The number of sulfonamides is 1. The lowest BCUT2D eigenvalue weighted by molar-refractivity contribution is -0.0705. The van der Waals surface area contributed by atoms with Crippen molar-refractivity contribution < 1.29 is 26.4 Å². The summed E-state index contributed by atoms with van der Waals surface area (Å²) in [5, 5.41) is 7.11. The molecular formula is C18H20F3N5O3S. The monoisotopic (exact) mass is 443 g/mol. The summed E-state index contributed by atoms with van der Waals surface area (Å²) in [5.41, 5.74) is 0.664. The molecule has 12 heteroatoms. The zero-order chi connectivity index (χ0) is 22.1. The third-order valence-electron chi connectivity index (χ3n) is 4.62. The van der Waals surface area contributed by atoms with Crippen LogP contribution in [0, 0.1) is 6.92 Å². The fourth-order valence-corrected chi connectivity index (χ4v) is 3.57. The maximum absolute atomic E-state index is 14.1. The molecule has 2 aromatic heterocycles. The zero-order valence-electron chi connectivity index (χ0n) is 16.0. The van der Waals surface area contributed by atoms with Crippen LogP contribution in [0.15, 0.2) is 35.5 Å². The largest absolute Gasteiger partial charge is 0.353 e. The van der Waals surface area contributed by atoms with Crippen molar-refractivity contribution in [3.63, 3.8) is 0 Å². The van der Waals surface area contributed by atoms with Gasteiger partial charge in [-0.15, -0.1) is 0 Å². The number of alkyl halides is 3. The molecular weight excluding hydrogens is 423 g/mol. The molecule has 1 amide bonds. The molecule has 1 saturated heterocycles. The minimum atomic E-state index is -4.07. The Hall–Kier alpha value is -2.73. The molecule has 3 rings (SSSR count). The molecule has 0 bridgehead atoms. The quantitative estimate of drug-likeness (QED) is 0.748. The van der Waals surface area contributed by atoms with E-state index in [-0.39, 0.29) is 30.0 Å². The van der Waals surface area contributed by atoms with Crippen LogP contribution in [0.3, 0.4) is 0 Å². The summed E-state index contributed by atoms with van der Waals surface area (Å²) in [6.45, 7) is 1.16. The van der Waals surface area contributed by atoms with E-state index in [1.165, 1.54) is 17.0 Å². The molecule has 0 aromatic carbocycles. The van der Waals surface area contributed by atoms with Crippen LogP contribution in [0.1, 0.15) is 28.9 Å². The van der Waals surface area contributed by atoms with Crippen molar-refractivity contribution in [3.8, 4) is 0 Å². The normalized spacial score (nSPS) is 19.2. The van der Waals surface area contributed by atoms with Crippen LogP contribution < -0.4 is 15.4 Å². The molecule has 1 fully saturated rings. The van der Waals surface area contributed by atoms with E-state index in [1.54, 1.807) is 13.0 Å². The number of carbonyl (C=O) groups is 1. The smallest absolute Gasteiger partial charge is 0.280 e. The average molecular weight is 443 g/mol. The first-order chi connectivity index (χ1) is 14.0. The maximum Gasteiger partial charge on any atom is 0.280 e. The number of halogens is 3. The number of nitrogens with two attached hydrogens (primary N) is 1. The van der Waals surface area contributed by atoms with Crippen LogP contribution in [0.2, 0.25) is 0 Å². The molecule has 0 radical (unpaired) electrons. The van der Waals surface area contributed by atoms with Crippen molar-refractivity contribution in [2.75, 3.05) is 23.3 Å². The Morgan fingerprint density at radius 3 is 2.77 bits per heavy atom. The van der Waals surface area contributed by atoms with E-state index in [2.05, 4.69) is 15.3 Å². The van der Waals surface area contributed by atoms with Crippen molar-refractivity contribution in [2.24, 2.45) is 5.14 Å². The third-order valence-corrected chi connectivity index (χ3v) is 5.43. The van der Waals surface area contributed by atoms with Gasteiger partial charge in [0.05, 0.1) is 12.1 Å². The van der Waals surface area contributed by atoms with Crippen molar-refractivity contribution in [2.45, 2.75) is 36.9 Å². The lowest BCUT2D eigenvalue weighted by Gasteiger charge is -2.26. The van der Waals surface area contributed by atoms with Crippen molar-refractivity contribution in [3.05, 3.63) is 41.7 Å². The lowest BCUT2D eigenvalue weighted by Crippen LogP contribution is -2.38. The number of aryl methyl sites for hydroxylation is 1. The summed E-state index contributed by atoms with van der Waals surface area (Å²) in [6, 6.07) is 5.45. The number of rotatable bonds is 4. The van der Waals surface area contributed by atoms with E-state index in [4.69, 9.17) is 5.14 Å². The first-order valence-corrected chi connectivity index (χ1v) is 10.6. The van der Waals surface area contributed by atoms with Gasteiger partial charge in [-0.25, -0.2) is 36.7 Å². The molecule has 1 aliphatic heterocycles. The van der Waals surface area contributed by atoms with Gasteiger partial charge in [0.2, 0.25) is 0 Å². The topological polar surface area (TPSA) is 118 Å². The summed E-state index contributed by atoms with van der Waals surface area (Å²) >= 11 is 0. The summed E-state index contributed by atoms with van der Waals surface area (Å²) < 4.78 is 64.5. The highest BCUT2D eigenvalue weighted by Gasteiger charge is 2.43. The summed E-state index contributed by atoms with van der Waals surface area (Å²) in [4.78, 5) is 22.0. The van der Waals surface area contributed by atoms with Gasteiger partial charge < -0.3 is 10.2 Å². The highest BCUT2D eigenvalue weighted by atomic mass is 32.2. The molecule has 30 heavy (non-hydrogen) atoms. The second kappa shape index (κ2) is 8.19. The Morgan fingerprint density at radius 1 is 1.33 bits per heavy atom. The van der Waals surface area contributed by atoms with Crippen molar-refractivity contribution in [1.82, 2.24) is 9.97 Å². The molecule has 162 valence electrons. The van der Waals surface area contributed by atoms with E-state index in [0.29, 0.717) is 5.69 Å². The summed E-state index contributed by atoms with van der Waals surface area (Å²) in [5.74, 6) is -4.04. The Morgan fingerprint density at radius 2 is 2.07 bits per heavy atom. The Kier molecular flexibility index (Phi) is 5.99. The van der Waals surface area contributed by atoms with Gasteiger partial charge in [0.1, 0.15) is 5.82 Å². The van der Waals surface area contributed by atoms with Gasteiger partial charge in [-0.3, -0.25) is 4.79 Å². The second-order valence-corrected chi connectivity index (χ2v) is 8.49. The highest BCUT2D eigenvalue weighted by molar-refractivity contribution is 7.89. The minimum Gasteiger partial charge on any atom is -0.353 e. The van der Waals surface area contributed by atoms with E-state index in [1.807, 2.05) is 0 Å². The fraction of sp³-hybridized carbons (Fsp3) is 0.389. The number of aromatic nitrogens is 2. The molecule has 0 aliphatic carbocycles. The Labute approximate surface area is 171 Å². The summed E-state index contributed by atoms with van der Waals surface area (Å²) in [6.07, 6.45) is -1.79. The highest BCUT2D eigenvalue weighted by Crippen LogP contribution is 2.33. The number of carbonyl (C=O) groups excluding carboxylic acids is 1. The molecule has 3 heterocycles. The number of anilines is 2. The number of amides is 1. The number of nitrogens with zero attached hydrogens (tertiary/aromatic N) is 3. The van der Waals surface area contributed by atoms with Crippen LogP contribution in [0.5, 0.6) is 0 Å². The summed E-state index contributed by atoms with van der Waals surface area (Å²) in [7, 11) is -4.07. The fourth-order valence-electron chi connectivity index (χ4n) is 3.08. The standard InChI is InChI=1S/C18H20F3N5O3S/c1-11-3-4-13(16(24-11)26-8-2-6-18(20,21)14(19)10-26)17(27)25-12-5-7-23-15(9-12)30(22,28)29/h3-5,7,9,14H,2,6,8,10H2,1H3,(H2,22,28,29)(H,23,25,27).